The van der Waals surface area contributed by atoms with E-state index in [-0.39, 0.29) is 30.1 Å². The molecular weight excluding hydrogens is 378 g/mol. The van der Waals surface area contributed by atoms with Gasteiger partial charge in [-0.2, -0.15) is 0 Å². The van der Waals surface area contributed by atoms with Crippen LogP contribution in [-0.4, -0.2) is 44.1 Å². The molecule has 3 heterocycles. The first-order chi connectivity index (χ1) is 14.8. The Hall–Kier alpha value is -3.00. The second-order valence-corrected chi connectivity index (χ2v) is 8.14. The molecule has 4 unspecified atom stereocenters. The number of anilines is 2. The molecule has 1 saturated heterocycles. The van der Waals surface area contributed by atoms with E-state index in [1.165, 1.54) is 12.7 Å². The topological polar surface area (TPSA) is 98.8 Å². The number of rotatable bonds is 5. The van der Waals surface area contributed by atoms with Crippen molar-refractivity contribution < 1.29 is 4.79 Å². The molecule has 1 aliphatic heterocycles. The zero-order chi connectivity index (χ0) is 20.5. The highest BCUT2D eigenvalue weighted by Crippen LogP contribution is 2.34. The number of para-hydroxylation sites is 1. The Bertz CT molecular complexity index is 1020. The van der Waals surface area contributed by atoms with Crippen molar-refractivity contribution in [2.45, 2.75) is 57.3 Å². The van der Waals surface area contributed by atoms with Crippen LogP contribution in [0.3, 0.4) is 0 Å². The molecule has 2 aromatic heterocycles. The molecule has 1 amide bonds. The number of carbonyl (C=O) groups excluding carboxylic acids is 1. The summed E-state index contributed by atoms with van der Waals surface area (Å²) >= 11 is 0. The highest BCUT2D eigenvalue weighted by atomic mass is 16.2. The van der Waals surface area contributed by atoms with E-state index in [9.17, 15) is 4.79 Å². The summed E-state index contributed by atoms with van der Waals surface area (Å²) in [6.07, 6.45) is 8.09. The Morgan fingerprint density at radius 3 is 2.83 bits per heavy atom. The van der Waals surface area contributed by atoms with Crippen molar-refractivity contribution in [3.8, 4) is 0 Å². The van der Waals surface area contributed by atoms with Crippen LogP contribution in [0.4, 0.5) is 11.5 Å². The standard InChI is InChI=1S/C22H27N7O/c1-2-16(27-20-18-19(24-12-23-18)25-13-26-20)21-28-17-11-7-6-10-15(17)22(30)29(21)14-8-4-3-5-9-14/h3-5,8-9,12-13,15-17,21,28H,2,6-7,10-11H2,1H3,(H2,23,24,25,26,27). The largest absolute Gasteiger partial charge is 0.362 e. The number of hydrogen-bond acceptors (Lipinski definition) is 6. The molecule has 1 aromatic carbocycles. The first kappa shape index (κ1) is 19.0. The number of benzene rings is 1. The second-order valence-electron chi connectivity index (χ2n) is 8.14. The molecule has 1 saturated carbocycles. The molecular formula is C22H27N7O. The van der Waals surface area contributed by atoms with Gasteiger partial charge in [0, 0.05) is 11.7 Å². The molecule has 4 atom stereocenters. The predicted molar refractivity (Wildman–Crippen MR) is 116 cm³/mol. The van der Waals surface area contributed by atoms with Crippen LogP contribution in [0.25, 0.3) is 11.2 Å². The third-order valence-corrected chi connectivity index (χ3v) is 6.38. The number of carbonyl (C=O) groups is 1. The summed E-state index contributed by atoms with van der Waals surface area (Å²) in [7, 11) is 0. The Morgan fingerprint density at radius 1 is 1.17 bits per heavy atom. The molecule has 0 bridgehead atoms. The molecule has 0 radical (unpaired) electrons. The number of hydrogen-bond donors (Lipinski definition) is 3. The van der Waals surface area contributed by atoms with Crippen molar-refractivity contribution >= 4 is 28.6 Å². The maximum Gasteiger partial charge on any atom is 0.233 e. The van der Waals surface area contributed by atoms with Gasteiger partial charge in [0.05, 0.1) is 18.3 Å². The van der Waals surface area contributed by atoms with E-state index < -0.39 is 0 Å². The molecule has 8 nitrogen and oxygen atoms in total. The lowest BCUT2D eigenvalue weighted by atomic mass is 9.80. The SMILES string of the molecule is CCC(Nc1ncnc2nc[nH]c12)C1NC2CCCCC2C(=O)N1c1ccccc1. The second kappa shape index (κ2) is 8.02. The van der Waals surface area contributed by atoms with Crippen LogP contribution in [0.1, 0.15) is 39.0 Å². The summed E-state index contributed by atoms with van der Waals surface area (Å²) < 4.78 is 0. The fourth-order valence-electron chi connectivity index (χ4n) is 4.86. The summed E-state index contributed by atoms with van der Waals surface area (Å²) in [4.78, 5) is 31.6. The zero-order valence-corrected chi connectivity index (χ0v) is 17.1. The van der Waals surface area contributed by atoms with Crippen molar-refractivity contribution in [2.24, 2.45) is 5.92 Å². The van der Waals surface area contributed by atoms with Crippen LogP contribution in [0.2, 0.25) is 0 Å². The number of amides is 1. The Kier molecular flexibility index (Phi) is 5.08. The molecule has 156 valence electrons. The minimum atomic E-state index is -0.169. The summed E-state index contributed by atoms with van der Waals surface area (Å²) in [5.41, 5.74) is 2.33. The van der Waals surface area contributed by atoms with Crippen LogP contribution in [-0.2, 0) is 4.79 Å². The van der Waals surface area contributed by atoms with Gasteiger partial charge in [-0.25, -0.2) is 15.0 Å². The molecule has 5 rings (SSSR count). The lowest BCUT2D eigenvalue weighted by Crippen LogP contribution is -2.68. The van der Waals surface area contributed by atoms with Gasteiger partial charge in [-0.1, -0.05) is 38.0 Å². The minimum Gasteiger partial charge on any atom is -0.362 e. The van der Waals surface area contributed by atoms with E-state index in [1.807, 2.05) is 35.2 Å². The number of H-pyrrole nitrogens is 1. The molecule has 1 aliphatic carbocycles. The summed E-state index contributed by atoms with van der Waals surface area (Å²) in [6, 6.07) is 10.2. The Labute approximate surface area is 175 Å². The van der Waals surface area contributed by atoms with Gasteiger partial charge in [0.1, 0.15) is 18.0 Å². The van der Waals surface area contributed by atoms with Crippen LogP contribution in [0, 0.1) is 5.92 Å². The highest BCUT2D eigenvalue weighted by molar-refractivity contribution is 5.97. The lowest BCUT2D eigenvalue weighted by molar-refractivity contribution is -0.127. The summed E-state index contributed by atoms with van der Waals surface area (Å²) in [5.74, 6) is 0.979. The van der Waals surface area contributed by atoms with Gasteiger partial charge in [0.15, 0.2) is 11.5 Å². The number of imidazole rings is 1. The van der Waals surface area contributed by atoms with Crippen molar-refractivity contribution in [1.29, 1.82) is 0 Å². The molecule has 2 aliphatic rings. The van der Waals surface area contributed by atoms with Crippen molar-refractivity contribution in [1.82, 2.24) is 25.3 Å². The van der Waals surface area contributed by atoms with Crippen LogP contribution >= 0.6 is 0 Å². The van der Waals surface area contributed by atoms with Gasteiger partial charge in [-0.05, 0) is 31.4 Å². The highest BCUT2D eigenvalue weighted by Gasteiger charge is 2.45. The lowest BCUT2D eigenvalue weighted by Gasteiger charge is -2.48. The van der Waals surface area contributed by atoms with Gasteiger partial charge in [0.2, 0.25) is 5.91 Å². The summed E-state index contributed by atoms with van der Waals surface area (Å²) in [5, 5.41) is 7.39. The monoisotopic (exact) mass is 405 g/mol. The predicted octanol–water partition coefficient (Wildman–Crippen LogP) is 3.06. The molecule has 3 aromatic rings. The van der Waals surface area contributed by atoms with E-state index in [0.29, 0.717) is 11.5 Å². The average Bonchev–Trinajstić information content (AvgIpc) is 3.28. The van der Waals surface area contributed by atoms with E-state index >= 15 is 0 Å². The van der Waals surface area contributed by atoms with E-state index in [4.69, 9.17) is 0 Å². The van der Waals surface area contributed by atoms with Crippen molar-refractivity contribution in [3.63, 3.8) is 0 Å². The zero-order valence-electron chi connectivity index (χ0n) is 17.1. The maximum atomic E-state index is 13.6. The number of fused-ring (bicyclic) bond motifs is 2. The smallest absolute Gasteiger partial charge is 0.233 e. The van der Waals surface area contributed by atoms with Gasteiger partial charge >= 0.3 is 0 Å². The fraction of sp³-hybridized carbons (Fsp3) is 0.455. The molecule has 2 fully saturated rings. The fourth-order valence-corrected chi connectivity index (χ4v) is 4.86. The van der Waals surface area contributed by atoms with Gasteiger partial charge < -0.3 is 10.3 Å². The third-order valence-electron chi connectivity index (χ3n) is 6.38. The Morgan fingerprint density at radius 2 is 2.00 bits per heavy atom. The quantitative estimate of drug-likeness (QED) is 0.603. The molecule has 8 heteroatoms. The first-order valence-corrected chi connectivity index (χ1v) is 10.8. The van der Waals surface area contributed by atoms with Crippen LogP contribution in [0.5, 0.6) is 0 Å². The van der Waals surface area contributed by atoms with E-state index in [0.717, 1.165) is 36.9 Å². The Balaban J connectivity index is 1.51. The normalized spacial score (nSPS) is 25.2. The molecule has 30 heavy (non-hydrogen) atoms. The van der Waals surface area contributed by atoms with Crippen LogP contribution < -0.4 is 15.5 Å². The third kappa shape index (κ3) is 3.31. The first-order valence-electron chi connectivity index (χ1n) is 10.8. The number of aromatic amines is 1. The van der Waals surface area contributed by atoms with Crippen molar-refractivity contribution in [3.05, 3.63) is 43.0 Å². The van der Waals surface area contributed by atoms with Crippen LogP contribution in [0.15, 0.2) is 43.0 Å². The number of aromatic nitrogens is 4. The van der Waals surface area contributed by atoms with Gasteiger partial charge in [-0.15, -0.1) is 0 Å². The number of nitrogens with one attached hydrogen (secondary N) is 3. The summed E-state index contributed by atoms with van der Waals surface area (Å²) in [6.45, 7) is 2.13. The maximum absolute atomic E-state index is 13.6. The minimum absolute atomic E-state index is 0.0292. The van der Waals surface area contributed by atoms with Gasteiger partial charge in [0.25, 0.3) is 0 Å². The molecule has 0 spiro atoms. The number of nitrogens with zero attached hydrogens (tertiary/aromatic N) is 4. The van der Waals surface area contributed by atoms with Crippen molar-refractivity contribution in [2.75, 3.05) is 10.2 Å². The van der Waals surface area contributed by atoms with Gasteiger partial charge in [-0.3, -0.25) is 15.0 Å². The average molecular weight is 406 g/mol. The van der Waals surface area contributed by atoms with E-state index in [1.54, 1.807) is 6.33 Å². The van der Waals surface area contributed by atoms with E-state index in [2.05, 4.69) is 37.5 Å². The molecule has 3 N–H and O–H groups in total.